The number of benzene rings is 2. The summed E-state index contributed by atoms with van der Waals surface area (Å²) in [6, 6.07) is 8.94. The summed E-state index contributed by atoms with van der Waals surface area (Å²) in [5, 5.41) is 2.74. The van der Waals surface area contributed by atoms with Gasteiger partial charge >= 0.3 is 12.4 Å². The predicted molar refractivity (Wildman–Crippen MR) is 119 cm³/mol. The molecule has 0 bridgehead atoms. The number of hydrogen-bond donors (Lipinski definition) is 2. The largest absolute Gasteiger partial charge is 0.416 e. The number of rotatable bonds is 5. The maximum atomic E-state index is 13.3. The SMILES string of the molecule is Cl.NCC(=O)NC1CCN(C(=O)c2cc(C(F)(F)F)cc(C(F)(F)F)c2)C(Cc2ccccc2)C1. The molecule has 2 amide bonds. The molecule has 2 aromatic rings. The number of nitrogens with two attached hydrogens (primary N) is 1. The van der Waals surface area contributed by atoms with Crippen LogP contribution in [0, 0.1) is 0 Å². The molecule has 192 valence electrons. The van der Waals surface area contributed by atoms with Crippen molar-refractivity contribution in [2.75, 3.05) is 13.1 Å². The van der Waals surface area contributed by atoms with Crippen molar-refractivity contribution in [1.29, 1.82) is 0 Å². The van der Waals surface area contributed by atoms with E-state index in [1.165, 1.54) is 4.90 Å². The average Bonchev–Trinajstić information content (AvgIpc) is 2.78. The molecule has 1 aliphatic rings. The minimum absolute atomic E-state index is 0. The monoisotopic (exact) mass is 523 g/mol. The molecule has 3 rings (SSSR count). The van der Waals surface area contributed by atoms with E-state index in [1.54, 1.807) is 30.3 Å². The van der Waals surface area contributed by atoms with E-state index in [9.17, 15) is 35.9 Å². The molecule has 0 aromatic heterocycles. The first kappa shape index (κ1) is 28.4. The molecule has 5 nitrogen and oxygen atoms in total. The molecule has 3 N–H and O–H groups in total. The van der Waals surface area contributed by atoms with Crippen molar-refractivity contribution >= 4 is 24.2 Å². The van der Waals surface area contributed by atoms with Gasteiger partial charge in [-0.3, -0.25) is 9.59 Å². The van der Waals surface area contributed by atoms with Crippen molar-refractivity contribution < 1.29 is 35.9 Å². The molecule has 2 aromatic carbocycles. The Hall–Kier alpha value is -2.79. The number of halogens is 7. The van der Waals surface area contributed by atoms with Crippen molar-refractivity contribution in [2.24, 2.45) is 5.73 Å². The van der Waals surface area contributed by atoms with E-state index in [4.69, 9.17) is 5.73 Å². The minimum atomic E-state index is -5.06. The van der Waals surface area contributed by atoms with Gasteiger partial charge < -0.3 is 16.0 Å². The lowest BCUT2D eigenvalue weighted by atomic mass is 9.91. The number of nitrogens with zero attached hydrogens (tertiary/aromatic N) is 1. The van der Waals surface area contributed by atoms with Crippen LogP contribution in [-0.2, 0) is 23.6 Å². The molecule has 1 heterocycles. The van der Waals surface area contributed by atoms with Gasteiger partial charge in [0.25, 0.3) is 5.91 Å². The summed E-state index contributed by atoms with van der Waals surface area (Å²) in [6.07, 6.45) is -9.24. The van der Waals surface area contributed by atoms with Crippen LogP contribution in [0.25, 0.3) is 0 Å². The summed E-state index contributed by atoms with van der Waals surface area (Å²) >= 11 is 0. The summed E-state index contributed by atoms with van der Waals surface area (Å²) < 4.78 is 79.6. The van der Waals surface area contributed by atoms with E-state index in [1.807, 2.05) is 0 Å². The number of piperidine rings is 1. The number of hydrogen-bond acceptors (Lipinski definition) is 3. The molecular formula is C23H24ClF6N3O2. The Morgan fingerprint density at radius 1 is 0.971 bits per heavy atom. The first-order valence-electron chi connectivity index (χ1n) is 10.5. The van der Waals surface area contributed by atoms with E-state index in [2.05, 4.69) is 5.32 Å². The minimum Gasteiger partial charge on any atom is -0.352 e. The van der Waals surface area contributed by atoms with Gasteiger partial charge in [-0.25, -0.2) is 0 Å². The molecule has 2 atom stereocenters. The summed E-state index contributed by atoms with van der Waals surface area (Å²) in [7, 11) is 0. The number of carbonyl (C=O) groups excluding carboxylic acids is 2. The molecule has 1 fully saturated rings. The zero-order chi connectivity index (χ0) is 25.1. The summed E-state index contributed by atoms with van der Waals surface area (Å²) in [5.41, 5.74) is 2.38. The average molecular weight is 524 g/mol. The lowest BCUT2D eigenvalue weighted by Crippen LogP contribution is -2.53. The highest BCUT2D eigenvalue weighted by molar-refractivity contribution is 5.95. The van der Waals surface area contributed by atoms with Gasteiger partial charge in [0.1, 0.15) is 0 Å². The van der Waals surface area contributed by atoms with Crippen LogP contribution >= 0.6 is 12.4 Å². The van der Waals surface area contributed by atoms with Gasteiger partial charge in [-0.1, -0.05) is 30.3 Å². The Labute approximate surface area is 204 Å². The third-order valence-electron chi connectivity index (χ3n) is 5.68. The summed E-state index contributed by atoms with van der Waals surface area (Å²) in [5.74, 6) is -1.32. The lowest BCUT2D eigenvalue weighted by Gasteiger charge is -2.40. The van der Waals surface area contributed by atoms with Gasteiger partial charge in [-0.05, 0) is 43.0 Å². The number of alkyl halides is 6. The van der Waals surface area contributed by atoms with Gasteiger partial charge in [-0.2, -0.15) is 26.3 Å². The molecule has 0 saturated carbocycles. The van der Waals surface area contributed by atoms with E-state index in [0.29, 0.717) is 18.6 Å². The smallest absolute Gasteiger partial charge is 0.352 e. The van der Waals surface area contributed by atoms with E-state index < -0.39 is 46.9 Å². The standard InChI is InChI=1S/C23H23F6N3O2.ClH/c24-22(25,26)16-9-15(10-17(11-16)23(27,28)29)21(34)32-7-6-18(31-20(33)13-30)12-19(32)8-14-4-2-1-3-5-14;/h1-5,9-11,18-19H,6-8,12-13,30H2,(H,31,33);1H. The normalized spacial score (nSPS) is 18.5. The number of likely N-dealkylation sites (tertiary alicyclic amines) is 1. The Kier molecular flexibility index (Phi) is 9.18. The second-order valence-electron chi connectivity index (χ2n) is 8.13. The molecule has 1 saturated heterocycles. The summed E-state index contributed by atoms with van der Waals surface area (Å²) in [6.45, 7) is -0.184. The fraction of sp³-hybridized carbons (Fsp3) is 0.391. The molecule has 35 heavy (non-hydrogen) atoms. The van der Waals surface area contributed by atoms with Crippen molar-refractivity contribution in [3.05, 3.63) is 70.8 Å². The Morgan fingerprint density at radius 3 is 2.06 bits per heavy atom. The second kappa shape index (κ2) is 11.3. The highest BCUT2D eigenvalue weighted by atomic mass is 35.5. The van der Waals surface area contributed by atoms with Crippen LogP contribution in [0.4, 0.5) is 26.3 Å². The fourth-order valence-electron chi connectivity index (χ4n) is 4.06. The maximum Gasteiger partial charge on any atom is 0.416 e. The highest BCUT2D eigenvalue weighted by Gasteiger charge is 2.39. The van der Waals surface area contributed by atoms with Gasteiger partial charge in [0.05, 0.1) is 17.7 Å². The first-order chi connectivity index (χ1) is 15.9. The predicted octanol–water partition coefficient (Wildman–Crippen LogP) is 4.44. The van der Waals surface area contributed by atoms with Crippen LogP contribution < -0.4 is 11.1 Å². The van der Waals surface area contributed by atoms with Crippen LogP contribution in [0.2, 0.25) is 0 Å². The topological polar surface area (TPSA) is 75.4 Å². The van der Waals surface area contributed by atoms with Crippen LogP contribution in [0.3, 0.4) is 0 Å². The fourth-order valence-corrected chi connectivity index (χ4v) is 4.06. The first-order valence-corrected chi connectivity index (χ1v) is 10.5. The Morgan fingerprint density at radius 2 is 1.54 bits per heavy atom. The van der Waals surface area contributed by atoms with Gasteiger partial charge in [0.2, 0.25) is 5.91 Å². The highest BCUT2D eigenvalue weighted by Crippen LogP contribution is 2.37. The molecular weight excluding hydrogens is 500 g/mol. The van der Waals surface area contributed by atoms with E-state index in [-0.39, 0.29) is 50.4 Å². The molecule has 0 radical (unpaired) electrons. The van der Waals surface area contributed by atoms with Crippen molar-refractivity contribution in [2.45, 2.75) is 43.7 Å². The van der Waals surface area contributed by atoms with Gasteiger partial charge in [-0.15, -0.1) is 12.4 Å². The van der Waals surface area contributed by atoms with E-state index in [0.717, 1.165) is 5.56 Å². The van der Waals surface area contributed by atoms with Crippen molar-refractivity contribution in [3.8, 4) is 0 Å². The number of nitrogens with one attached hydrogen (secondary N) is 1. The van der Waals surface area contributed by atoms with Gasteiger partial charge in [0, 0.05) is 24.2 Å². The Balaban J connectivity index is 0.00000432. The van der Waals surface area contributed by atoms with Crippen LogP contribution in [-0.4, -0.2) is 41.9 Å². The molecule has 0 aliphatic carbocycles. The Bertz CT molecular complexity index is 998. The molecule has 12 heteroatoms. The second-order valence-corrected chi connectivity index (χ2v) is 8.13. The number of amides is 2. The van der Waals surface area contributed by atoms with Crippen molar-refractivity contribution in [1.82, 2.24) is 10.2 Å². The third kappa shape index (κ3) is 7.35. The van der Waals surface area contributed by atoms with Crippen molar-refractivity contribution in [3.63, 3.8) is 0 Å². The zero-order valence-corrected chi connectivity index (χ0v) is 19.1. The quantitative estimate of drug-likeness (QED) is 0.569. The molecule has 1 aliphatic heterocycles. The van der Waals surface area contributed by atoms with Gasteiger partial charge in [0.15, 0.2) is 0 Å². The zero-order valence-electron chi connectivity index (χ0n) is 18.3. The maximum absolute atomic E-state index is 13.3. The number of carbonyl (C=O) groups is 2. The summed E-state index contributed by atoms with van der Waals surface area (Å²) in [4.78, 5) is 26.2. The third-order valence-corrected chi connectivity index (χ3v) is 5.68. The molecule has 2 unspecified atom stereocenters. The van der Waals surface area contributed by atoms with Crippen LogP contribution in [0.1, 0.15) is 39.9 Å². The molecule has 0 spiro atoms. The lowest BCUT2D eigenvalue weighted by molar-refractivity contribution is -0.143. The van der Waals surface area contributed by atoms with Crippen LogP contribution in [0.5, 0.6) is 0 Å². The van der Waals surface area contributed by atoms with Crippen LogP contribution in [0.15, 0.2) is 48.5 Å². The van der Waals surface area contributed by atoms with E-state index >= 15 is 0 Å².